The molecule has 0 unspecified atom stereocenters. The Hall–Kier alpha value is -3.46. The van der Waals surface area contributed by atoms with Crippen LogP contribution in [0.5, 0.6) is 0 Å². The van der Waals surface area contributed by atoms with Crippen LogP contribution in [0.1, 0.15) is 19.4 Å². The maximum Gasteiger partial charge on any atom is 0.229 e. The van der Waals surface area contributed by atoms with Crippen molar-refractivity contribution in [1.29, 1.82) is 0 Å². The molecule has 5 rings (SSSR count). The molecule has 2 aliphatic rings. The SMILES string of the molecule is Cc1ccc(Nc2cc(N3CCN(c4ncccn4)CC3)nc(N3C[C@@H](C)O[C@@H](C)C3)n2)cc1. The maximum atomic E-state index is 5.93. The zero-order valence-electron chi connectivity index (χ0n) is 20.1. The molecule has 0 aliphatic carbocycles. The van der Waals surface area contributed by atoms with Gasteiger partial charge in [0, 0.05) is 63.4 Å². The fourth-order valence-electron chi connectivity index (χ4n) is 4.51. The van der Waals surface area contributed by atoms with Crippen LogP contribution in [0.4, 0.5) is 29.2 Å². The molecule has 4 heterocycles. The number of hydrogen-bond donors (Lipinski definition) is 1. The molecule has 178 valence electrons. The second-order valence-electron chi connectivity index (χ2n) is 9.09. The van der Waals surface area contributed by atoms with E-state index in [2.05, 4.69) is 75.0 Å². The lowest BCUT2D eigenvalue weighted by Crippen LogP contribution is -2.48. The van der Waals surface area contributed by atoms with E-state index in [4.69, 9.17) is 14.7 Å². The van der Waals surface area contributed by atoms with Crippen LogP contribution in [-0.4, -0.2) is 71.4 Å². The summed E-state index contributed by atoms with van der Waals surface area (Å²) in [6, 6.07) is 12.2. The van der Waals surface area contributed by atoms with Gasteiger partial charge in [-0.25, -0.2) is 9.97 Å². The van der Waals surface area contributed by atoms with Gasteiger partial charge < -0.3 is 24.8 Å². The van der Waals surface area contributed by atoms with Gasteiger partial charge in [0.25, 0.3) is 0 Å². The molecule has 0 amide bonds. The number of anilines is 5. The van der Waals surface area contributed by atoms with Crippen LogP contribution in [0.2, 0.25) is 0 Å². The highest BCUT2D eigenvalue weighted by Gasteiger charge is 2.26. The lowest BCUT2D eigenvalue weighted by Gasteiger charge is -2.37. The third kappa shape index (κ3) is 5.20. The first kappa shape index (κ1) is 22.3. The monoisotopic (exact) mass is 460 g/mol. The minimum atomic E-state index is 0.138. The van der Waals surface area contributed by atoms with Crippen molar-refractivity contribution >= 4 is 29.2 Å². The van der Waals surface area contributed by atoms with Gasteiger partial charge in [-0.05, 0) is 39.0 Å². The number of ether oxygens (including phenoxy) is 1. The number of aryl methyl sites for hydroxylation is 1. The van der Waals surface area contributed by atoms with Crippen LogP contribution in [-0.2, 0) is 4.74 Å². The predicted octanol–water partition coefficient (Wildman–Crippen LogP) is 3.26. The number of hydrogen-bond acceptors (Lipinski definition) is 9. The van der Waals surface area contributed by atoms with E-state index in [1.54, 1.807) is 12.4 Å². The minimum absolute atomic E-state index is 0.138. The molecule has 9 nitrogen and oxygen atoms in total. The third-order valence-corrected chi connectivity index (χ3v) is 6.17. The molecule has 0 bridgehead atoms. The Bertz CT molecular complexity index is 1080. The van der Waals surface area contributed by atoms with E-state index < -0.39 is 0 Å². The standard InChI is InChI=1S/C25H32N8O/c1-18-5-7-21(8-6-18)28-22-15-23(30-25(29-22)33-16-19(2)34-20(3)17-33)31-11-13-32(14-12-31)24-26-9-4-10-27-24/h4-10,15,19-20H,11-14,16-17H2,1-3H3,(H,28,29,30)/t19-,20+. The maximum absolute atomic E-state index is 5.93. The topological polar surface area (TPSA) is 82.5 Å². The predicted molar refractivity (Wildman–Crippen MR) is 135 cm³/mol. The number of nitrogens with one attached hydrogen (secondary N) is 1. The molecule has 2 aromatic heterocycles. The number of rotatable bonds is 5. The molecule has 9 heteroatoms. The Morgan fingerprint density at radius 1 is 0.824 bits per heavy atom. The summed E-state index contributed by atoms with van der Waals surface area (Å²) in [4.78, 5) is 25.5. The Kier molecular flexibility index (Phi) is 6.44. The van der Waals surface area contributed by atoms with E-state index in [1.807, 2.05) is 12.1 Å². The second-order valence-corrected chi connectivity index (χ2v) is 9.09. The Labute approximate surface area is 200 Å². The van der Waals surface area contributed by atoms with Crippen LogP contribution < -0.4 is 20.0 Å². The average Bonchev–Trinajstić information content (AvgIpc) is 2.85. The van der Waals surface area contributed by atoms with Gasteiger partial charge in [-0.1, -0.05) is 17.7 Å². The number of aromatic nitrogens is 4. The van der Waals surface area contributed by atoms with Crippen molar-refractivity contribution in [2.24, 2.45) is 0 Å². The van der Waals surface area contributed by atoms with Crippen LogP contribution >= 0.6 is 0 Å². The van der Waals surface area contributed by atoms with Crippen molar-refractivity contribution in [3.8, 4) is 0 Å². The van der Waals surface area contributed by atoms with E-state index in [0.29, 0.717) is 0 Å². The van der Waals surface area contributed by atoms with Crippen LogP contribution in [0, 0.1) is 6.92 Å². The summed E-state index contributed by atoms with van der Waals surface area (Å²) in [5.74, 6) is 3.25. The molecule has 0 spiro atoms. The summed E-state index contributed by atoms with van der Waals surface area (Å²) in [6.07, 6.45) is 3.86. The van der Waals surface area contributed by atoms with Crippen LogP contribution in [0.15, 0.2) is 48.8 Å². The van der Waals surface area contributed by atoms with Crippen molar-refractivity contribution in [2.45, 2.75) is 33.0 Å². The van der Waals surface area contributed by atoms with E-state index in [9.17, 15) is 0 Å². The Morgan fingerprint density at radius 3 is 2.15 bits per heavy atom. The van der Waals surface area contributed by atoms with Gasteiger partial charge in [0.15, 0.2) is 0 Å². The van der Waals surface area contributed by atoms with Crippen molar-refractivity contribution in [1.82, 2.24) is 19.9 Å². The molecule has 34 heavy (non-hydrogen) atoms. The summed E-state index contributed by atoms with van der Waals surface area (Å²) in [7, 11) is 0. The summed E-state index contributed by atoms with van der Waals surface area (Å²) in [5.41, 5.74) is 2.24. The molecule has 0 saturated carbocycles. The van der Waals surface area contributed by atoms with Gasteiger partial charge >= 0.3 is 0 Å². The molecule has 3 aromatic rings. The molecular formula is C25H32N8O. The van der Waals surface area contributed by atoms with Gasteiger partial charge in [-0.15, -0.1) is 0 Å². The van der Waals surface area contributed by atoms with Gasteiger partial charge in [0.2, 0.25) is 11.9 Å². The molecule has 1 N–H and O–H groups in total. The van der Waals surface area contributed by atoms with E-state index >= 15 is 0 Å². The van der Waals surface area contributed by atoms with Gasteiger partial charge in [-0.2, -0.15) is 9.97 Å². The number of piperazine rings is 1. The van der Waals surface area contributed by atoms with E-state index in [-0.39, 0.29) is 12.2 Å². The van der Waals surface area contributed by atoms with E-state index in [1.165, 1.54) is 5.56 Å². The number of morpholine rings is 1. The fourth-order valence-corrected chi connectivity index (χ4v) is 4.51. The fraction of sp³-hybridized carbons (Fsp3) is 0.440. The van der Waals surface area contributed by atoms with Gasteiger partial charge in [0.05, 0.1) is 12.2 Å². The van der Waals surface area contributed by atoms with Crippen LogP contribution in [0.25, 0.3) is 0 Å². The zero-order valence-corrected chi connectivity index (χ0v) is 20.1. The van der Waals surface area contributed by atoms with E-state index in [0.717, 1.165) is 68.5 Å². The molecule has 2 atom stereocenters. The Morgan fingerprint density at radius 2 is 1.47 bits per heavy atom. The first-order chi connectivity index (χ1) is 16.5. The first-order valence-corrected chi connectivity index (χ1v) is 11.9. The lowest BCUT2D eigenvalue weighted by molar-refractivity contribution is -0.00571. The quantitative estimate of drug-likeness (QED) is 0.617. The smallest absolute Gasteiger partial charge is 0.229 e. The summed E-state index contributed by atoms with van der Waals surface area (Å²) >= 11 is 0. The number of nitrogens with zero attached hydrogens (tertiary/aromatic N) is 7. The number of benzene rings is 1. The third-order valence-electron chi connectivity index (χ3n) is 6.17. The highest BCUT2D eigenvalue weighted by molar-refractivity contribution is 5.62. The summed E-state index contributed by atoms with van der Waals surface area (Å²) in [6.45, 7) is 11.2. The molecule has 2 saturated heterocycles. The lowest BCUT2D eigenvalue weighted by atomic mass is 10.2. The van der Waals surface area contributed by atoms with Gasteiger partial charge in [0.1, 0.15) is 11.6 Å². The molecule has 1 aromatic carbocycles. The largest absolute Gasteiger partial charge is 0.372 e. The van der Waals surface area contributed by atoms with Crippen molar-refractivity contribution in [2.75, 3.05) is 59.3 Å². The average molecular weight is 461 g/mol. The minimum Gasteiger partial charge on any atom is -0.372 e. The van der Waals surface area contributed by atoms with Crippen molar-refractivity contribution < 1.29 is 4.74 Å². The highest BCUT2D eigenvalue weighted by Crippen LogP contribution is 2.26. The zero-order chi connectivity index (χ0) is 23.5. The van der Waals surface area contributed by atoms with Gasteiger partial charge in [-0.3, -0.25) is 0 Å². The highest BCUT2D eigenvalue weighted by atomic mass is 16.5. The molecule has 2 aliphatic heterocycles. The van der Waals surface area contributed by atoms with Crippen molar-refractivity contribution in [3.05, 3.63) is 54.4 Å². The first-order valence-electron chi connectivity index (χ1n) is 11.9. The van der Waals surface area contributed by atoms with Crippen molar-refractivity contribution in [3.63, 3.8) is 0 Å². The second kappa shape index (κ2) is 9.80. The Balaban J connectivity index is 1.39. The molecule has 2 fully saturated rings. The molecule has 0 radical (unpaired) electrons. The summed E-state index contributed by atoms with van der Waals surface area (Å²) < 4.78 is 5.93. The summed E-state index contributed by atoms with van der Waals surface area (Å²) in [5, 5.41) is 3.48. The van der Waals surface area contributed by atoms with Crippen LogP contribution in [0.3, 0.4) is 0 Å². The molecular weight excluding hydrogens is 428 g/mol. The normalized spacial score (nSPS) is 21.0.